The van der Waals surface area contributed by atoms with Gasteiger partial charge in [-0.15, -0.1) is 10.2 Å². The monoisotopic (exact) mass is 351 g/mol. The first-order valence-corrected chi connectivity index (χ1v) is 8.56. The molecular formula is C19H18ClN5. The van der Waals surface area contributed by atoms with Gasteiger partial charge >= 0.3 is 0 Å². The van der Waals surface area contributed by atoms with Crippen molar-refractivity contribution in [3.63, 3.8) is 0 Å². The van der Waals surface area contributed by atoms with Crippen LogP contribution in [0.25, 0.3) is 16.7 Å². The van der Waals surface area contributed by atoms with Gasteiger partial charge in [0, 0.05) is 22.7 Å². The lowest BCUT2D eigenvalue weighted by Crippen LogP contribution is -2.29. The predicted octanol–water partition coefficient (Wildman–Crippen LogP) is 4.55. The van der Waals surface area contributed by atoms with E-state index in [0.717, 1.165) is 47.4 Å². The molecule has 25 heavy (non-hydrogen) atoms. The molecule has 0 saturated heterocycles. The van der Waals surface area contributed by atoms with E-state index in [9.17, 15) is 0 Å². The lowest BCUT2D eigenvalue weighted by Gasteiger charge is -2.32. The van der Waals surface area contributed by atoms with E-state index in [4.69, 9.17) is 16.6 Å². The zero-order chi connectivity index (χ0) is 17.6. The number of aromatic nitrogens is 4. The molecular weight excluding hydrogens is 334 g/mol. The third kappa shape index (κ3) is 2.51. The van der Waals surface area contributed by atoms with Crippen LogP contribution in [-0.2, 0) is 0 Å². The van der Waals surface area contributed by atoms with Crippen LogP contribution >= 0.6 is 11.6 Å². The van der Waals surface area contributed by atoms with Gasteiger partial charge in [0.25, 0.3) is 5.78 Å². The molecule has 2 aromatic heterocycles. The molecule has 0 bridgehead atoms. The van der Waals surface area contributed by atoms with Crippen molar-refractivity contribution < 1.29 is 0 Å². The van der Waals surface area contributed by atoms with Gasteiger partial charge in [-0.05, 0) is 49.6 Å². The molecule has 0 aliphatic carbocycles. The fourth-order valence-electron chi connectivity index (χ4n) is 3.44. The Kier molecular flexibility index (Phi) is 3.81. The number of anilines is 1. The molecule has 3 aromatic rings. The summed E-state index contributed by atoms with van der Waals surface area (Å²) in [4.78, 5) is 6.97. The standard InChI is InChI=1S/C19H18ClN5/c1-4-16-14(12(2)3)6-5-9-24(16)18-15-8-7-13(20)10-17(15)25-11-21-23-19(25)22-18/h4,7-8,10-11H,1-2,5-6,9H2,3H3. The normalized spacial score (nSPS) is 15.2. The first-order valence-electron chi connectivity index (χ1n) is 8.18. The maximum Gasteiger partial charge on any atom is 0.257 e. The summed E-state index contributed by atoms with van der Waals surface area (Å²) in [6.07, 6.45) is 5.59. The second kappa shape index (κ2) is 6.01. The van der Waals surface area contributed by atoms with Crippen LogP contribution in [0.3, 0.4) is 0 Å². The topological polar surface area (TPSA) is 46.3 Å². The van der Waals surface area contributed by atoms with Crippen LogP contribution in [0, 0.1) is 0 Å². The van der Waals surface area contributed by atoms with E-state index in [1.54, 1.807) is 6.33 Å². The number of halogens is 1. The van der Waals surface area contributed by atoms with Crippen molar-refractivity contribution in [1.29, 1.82) is 0 Å². The summed E-state index contributed by atoms with van der Waals surface area (Å²) in [6, 6.07) is 5.79. The highest BCUT2D eigenvalue weighted by atomic mass is 35.5. The Bertz CT molecular complexity index is 1050. The molecule has 0 atom stereocenters. The molecule has 0 spiro atoms. The van der Waals surface area contributed by atoms with Gasteiger partial charge in [-0.3, -0.25) is 4.40 Å². The minimum absolute atomic E-state index is 0.552. The first kappa shape index (κ1) is 15.8. The number of rotatable bonds is 3. The van der Waals surface area contributed by atoms with Crippen molar-refractivity contribution in [2.75, 3.05) is 11.4 Å². The second-order valence-electron chi connectivity index (χ2n) is 6.20. The average molecular weight is 352 g/mol. The lowest BCUT2D eigenvalue weighted by atomic mass is 9.96. The minimum Gasteiger partial charge on any atom is -0.325 e. The molecule has 6 heteroatoms. The third-order valence-electron chi connectivity index (χ3n) is 4.57. The van der Waals surface area contributed by atoms with Crippen LogP contribution in [-0.4, -0.2) is 26.1 Å². The van der Waals surface area contributed by atoms with E-state index in [0.29, 0.717) is 10.8 Å². The second-order valence-corrected chi connectivity index (χ2v) is 6.64. The summed E-state index contributed by atoms with van der Waals surface area (Å²) < 4.78 is 1.85. The van der Waals surface area contributed by atoms with Gasteiger partial charge in [0.1, 0.15) is 12.1 Å². The Labute approximate surface area is 150 Å². The maximum atomic E-state index is 6.22. The quantitative estimate of drug-likeness (QED) is 0.694. The van der Waals surface area contributed by atoms with E-state index in [2.05, 4.69) is 28.3 Å². The molecule has 0 unspecified atom stereocenters. The van der Waals surface area contributed by atoms with Crippen molar-refractivity contribution in [1.82, 2.24) is 19.6 Å². The number of hydrogen-bond acceptors (Lipinski definition) is 4. The number of allylic oxidation sites excluding steroid dienone is 3. The van der Waals surface area contributed by atoms with Gasteiger partial charge in [-0.2, -0.15) is 4.98 Å². The molecule has 0 radical (unpaired) electrons. The van der Waals surface area contributed by atoms with Gasteiger partial charge in [0.15, 0.2) is 0 Å². The average Bonchev–Trinajstić information content (AvgIpc) is 3.08. The van der Waals surface area contributed by atoms with Crippen LogP contribution in [0.1, 0.15) is 19.8 Å². The number of nitrogens with zero attached hydrogens (tertiary/aromatic N) is 5. The molecule has 0 fully saturated rings. The summed E-state index contributed by atoms with van der Waals surface area (Å²) in [6.45, 7) is 11.0. The van der Waals surface area contributed by atoms with E-state index in [1.807, 2.05) is 35.6 Å². The van der Waals surface area contributed by atoms with Crippen molar-refractivity contribution in [3.8, 4) is 0 Å². The molecule has 126 valence electrons. The van der Waals surface area contributed by atoms with Crippen LogP contribution in [0.15, 0.2) is 60.6 Å². The van der Waals surface area contributed by atoms with Crippen molar-refractivity contribution >= 4 is 34.1 Å². The van der Waals surface area contributed by atoms with Crippen molar-refractivity contribution in [3.05, 3.63) is 65.6 Å². The fourth-order valence-corrected chi connectivity index (χ4v) is 3.61. The molecule has 4 rings (SSSR count). The predicted molar refractivity (Wildman–Crippen MR) is 102 cm³/mol. The third-order valence-corrected chi connectivity index (χ3v) is 4.80. The zero-order valence-electron chi connectivity index (χ0n) is 14.0. The molecule has 0 amide bonds. The Morgan fingerprint density at radius 2 is 2.20 bits per heavy atom. The van der Waals surface area contributed by atoms with Crippen LogP contribution in [0.5, 0.6) is 0 Å². The van der Waals surface area contributed by atoms with Crippen molar-refractivity contribution in [2.24, 2.45) is 0 Å². The Balaban J connectivity index is 2.03. The smallest absolute Gasteiger partial charge is 0.257 e. The number of hydrogen-bond donors (Lipinski definition) is 0. The number of benzene rings is 1. The fraction of sp³-hybridized carbons (Fsp3) is 0.211. The van der Waals surface area contributed by atoms with Crippen LogP contribution in [0.4, 0.5) is 5.82 Å². The highest BCUT2D eigenvalue weighted by molar-refractivity contribution is 6.31. The summed E-state index contributed by atoms with van der Waals surface area (Å²) in [5.41, 5.74) is 4.29. The Hall–Kier alpha value is -2.66. The summed E-state index contributed by atoms with van der Waals surface area (Å²) in [7, 11) is 0. The van der Waals surface area contributed by atoms with Gasteiger partial charge in [0.2, 0.25) is 0 Å². The van der Waals surface area contributed by atoms with E-state index >= 15 is 0 Å². The van der Waals surface area contributed by atoms with Gasteiger partial charge in [-0.1, -0.05) is 30.3 Å². The molecule has 5 nitrogen and oxygen atoms in total. The summed E-state index contributed by atoms with van der Waals surface area (Å²) in [5.74, 6) is 1.40. The van der Waals surface area contributed by atoms with E-state index < -0.39 is 0 Å². The maximum absolute atomic E-state index is 6.22. The van der Waals surface area contributed by atoms with E-state index in [1.165, 1.54) is 5.57 Å². The molecule has 1 aliphatic rings. The SMILES string of the molecule is C=CC1=C(C(=C)C)CCCN1c1nc2nncn2c2cc(Cl)ccc12. The minimum atomic E-state index is 0.552. The Morgan fingerprint density at radius 1 is 1.36 bits per heavy atom. The van der Waals surface area contributed by atoms with Gasteiger partial charge < -0.3 is 4.90 Å². The summed E-state index contributed by atoms with van der Waals surface area (Å²) >= 11 is 6.22. The van der Waals surface area contributed by atoms with E-state index in [-0.39, 0.29) is 0 Å². The zero-order valence-corrected chi connectivity index (χ0v) is 14.8. The molecule has 1 aliphatic heterocycles. The van der Waals surface area contributed by atoms with Crippen molar-refractivity contribution in [2.45, 2.75) is 19.8 Å². The first-order chi connectivity index (χ1) is 12.1. The largest absolute Gasteiger partial charge is 0.325 e. The lowest BCUT2D eigenvalue weighted by molar-refractivity contribution is 0.732. The van der Waals surface area contributed by atoms with Gasteiger partial charge in [-0.25, -0.2) is 0 Å². The Morgan fingerprint density at radius 3 is 2.96 bits per heavy atom. The molecule has 1 aromatic carbocycles. The summed E-state index contributed by atoms with van der Waals surface area (Å²) in [5, 5.41) is 9.79. The highest BCUT2D eigenvalue weighted by Gasteiger charge is 2.23. The van der Waals surface area contributed by atoms with Crippen LogP contribution in [0.2, 0.25) is 5.02 Å². The molecule has 0 N–H and O–H groups in total. The highest BCUT2D eigenvalue weighted by Crippen LogP contribution is 2.35. The van der Waals surface area contributed by atoms with Gasteiger partial charge in [0.05, 0.1) is 5.52 Å². The number of fused-ring (bicyclic) bond motifs is 3. The molecule has 3 heterocycles. The van der Waals surface area contributed by atoms with Crippen LogP contribution < -0.4 is 4.90 Å². The molecule has 0 saturated carbocycles.